The molecular formula is C10H5BrCl3N3. The van der Waals surface area contributed by atoms with Crippen molar-refractivity contribution in [1.82, 2.24) is 10.2 Å². The number of hydrogen-bond donors (Lipinski definition) is 1. The Morgan fingerprint density at radius 1 is 1.00 bits per heavy atom. The summed E-state index contributed by atoms with van der Waals surface area (Å²) < 4.78 is 0.894. The van der Waals surface area contributed by atoms with E-state index in [0.29, 0.717) is 16.4 Å². The van der Waals surface area contributed by atoms with Gasteiger partial charge < -0.3 is 5.32 Å². The molecule has 0 aliphatic carbocycles. The molecule has 0 saturated carbocycles. The van der Waals surface area contributed by atoms with Crippen molar-refractivity contribution in [2.24, 2.45) is 0 Å². The molecule has 1 aromatic heterocycles. The molecule has 0 fully saturated rings. The first-order valence-electron chi connectivity index (χ1n) is 4.47. The molecule has 0 amide bonds. The summed E-state index contributed by atoms with van der Waals surface area (Å²) in [5, 5.41) is 11.4. The van der Waals surface area contributed by atoms with E-state index < -0.39 is 0 Å². The monoisotopic (exact) mass is 351 g/mol. The third kappa shape index (κ3) is 3.22. The van der Waals surface area contributed by atoms with Crippen molar-refractivity contribution in [2.75, 3.05) is 5.32 Å². The van der Waals surface area contributed by atoms with Crippen molar-refractivity contribution in [2.45, 2.75) is 0 Å². The highest BCUT2D eigenvalue weighted by atomic mass is 79.9. The van der Waals surface area contributed by atoms with Gasteiger partial charge in [0.1, 0.15) is 0 Å². The van der Waals surface area contributed by atoms with Crippen LogP contribution in [0.3, 0.4) is 0 Å². The summed E-state index contributed by atoms with van der Waals surface area (Å²) in [6, 6.07) is 7.03. The summed E-state index contributed by atoms with van der Waals surface area (Å²) in [6.45, 7) is 0. The summed E-state index contributed by atoms with van der Waals surface area (Å²) >= 11 is 21.0. The summed E-state index contributed by atoms with van der Waals surface area (Å²) in [7, 11) is 0. The summed E-state index contributed by atoms with van der Waals surface area (Å²) in [6.07, 6.45) is 0. The molecular weight excluding hydrogens is 348 g/mol. The molecule has 0 aliphatic rings. The molecule has 2 aromatic rings. The molecule has 0 radical (unpaired) electrons. The maximum atomic E-state index is 6.07. The molecule has 17 heavy (non-hydrogen) atoms. The Labute approximate surface area is 121 Å². The van der Waals surface area contributed by atoms with Gasteiger partial charge in [0.05, 0.1) is 16.4 Å². The van der Waals surface area contributed by atoms with Gasteiger partial charge in [-0.2, -0.15) is 0 Å². The fourth-order valence-electron chi connectivity index (χ4n) is 1.18. The van der Waals surface area contributed by atoms with E-state index in [1.165, 1.54) is 0 Å². The van der Waals surface area contributed by atoms with Gasteiger partial charge in [-0.15, -0.1) is 10.2 Å². The molecule has 0 saturated heterocycles. The van der Waals surface area contributed by atoms with Crippen LogP contribution >= 0.6 is 50.7 Å². The average Bonchev–Trinajstić information content (AvgIpc) is 2.27. The topological polar surface area (TPSA) is 37.8 Å². The van der Waals surface area contributed by atoms with E-state index in [1.54, 1.807) is 12.1 Å². The van der Waals surface area contributed by atoms with Crippen LogP contribution < -0.4 is 5.32 Å². The molecule has 0 aliphatic heterocycles. The van der Waals surface area contributed by atoms with Gasteiger partial charge in [-0.25, -0.2) is 0 Å². The molecule has 88 valence electrons. The first kappa shape index (κ1) is 12.9. The lowest BCUT2D eigenvalue weighted by Crippen LogP contribution is -1.95. The second kappa shape index (κ2) is 5.40. The highest BCUT2D eigenvalue weighted by Crippen LogP contribution is 2.31. The van der Waals surface area contributed by atoms with Crippen LogP contribution in [0.5, 0.6) is 0 Å². The van der Waals surface area contributed by atoms with E-state index in [-0.39, 0.29) is 10.3 Å². The normalized spacial score (nSPS) is 10.4. The van der Waals surface area contributed by atoms with Crippen LogP contribution in [0.4, 0.5) is 11.4 Å². The Morgan fingerprint density at radius 3 is 2.47 bits per heavy atom. The van der Waals surface area contributed by atoms with Crippen molar-refractivity contribution in [3.8, 4) is 0 Å². The van der Waals surface area contributed by atoms with E-state index in [1.807, 2.05) is 12.1 Å². The Bertz CT molecular complexity index is 562. The van der Waals surface area contributed by atoms with Gasteiger partial charge in [0, 0.05) is 10.5 Å². The van der Waals surface area contributed by atoms with Crippen LogP contribution in [0.15, 0.2) is 28.7 Å². The fourth-order valence-corrected chi connectivity index (χ4v) is 2.18. The van der Waals surface area contributed by atoms with Crippen molar-refractivity contribution in [3.05, 3.63) is 44.1 Å². The quantitative estimate of drug-likeness (QED) is 0.831. The first-order chi connectivity index (χ1) is 8.06. The minimum absolute atomic E-state index is 0.230. The third-order valence-electron chi connectivity index (χ3n) is 1.92. The molecule has 0 spiro atoms. The zero-order valence-corrected chi connectivity index (χ0v) is 12.1. The van der Waals surface area contributed by atoms with Gasteiger partial charge in [0.2, 0.25) is 0 Å². The Balaban J connectivity index is 2.34. The molecule has 0 bridgehead atoms. The minimum Gasteiger partial charge on any atom is -0.352 e. The number of anilines is 2. The zero-order chi connectivity index (χ0) is 12.4. The molecule has 1 aromatic carbocycles. The van der Waals surface area contributed by atoms with Gasteiger partial charge in [-0.3, -0.25) is 0 Å². The van der Waals surface area contributed by atoms with E-state index in [9.17, 15) is 0 Å². The number of halogens is 4. The number of nitrogens with zero attached hydrogens (tertiary/aromatic N) is 2. The number of rotatable bonds is 2. The number of nitrogens with one attached hydrogen (secondary N) is 1. The zero-order valence-electron chi connectivity index (χ0n) is 8.22. The van der Waals surface area contributed by atoms with Gasteiger partial charge >= 0.3 is 0 Å². The second-order valence-corrected chi connectivity index (χ2v) is 5.19. The third-order valence-corrected chi connectivity index (χ3v) is 3.19. The smallest absolute Gasteiger partial charge is 0.175 e. The Kier molecular flexibility index (Phi) is 4.09. The second-order valence-electron chi connectivity index (χ2n) is 3.12. The number of aromatic nitrogens is 2. The van der Waals surface area contributed by atoms with Crippen LogP contribution in [0, 0.1) is 0 Å². The Morgan fingerprint density at radius 2 is 1.76 bits per heavy atom. The molecule has 0 unspecified atom stereocenters. The number of benzene rings is 1. The molecule has 1 heterocycles. The standard InChI is InChI=1S/C10H5BrCl3N3/c11-5-1-2-7(6(12)3-5)15-8-4-9(13)16-17-10(8)14/h1-4H,(H,15,16). The van der Waals surface area contributed by atoms with Crippen molar-refractivity contribution in [1.29, 1.82) is 0 Å². The fraction of sp³-hybridized carbons (Fsp3) is 0. The van der Waals surface area contributed by atoms with Crippen molar-refractivity contribution in [3.63, 3.8) is 0 Å². The molecule has 2 rings (SSSR count). The first-order valence-corrected chi connectivity index (χ1v) is 6.40. The largest absolute Gasteiger partial charge is 0.352 e. The van der Waals surface area contributed by atoms with Crippen LogP contribution in [-0.2, 0) is 0 Å². The van der Waals surface area contributed by atoms with Gasteiger partial charge in [0.25, 0.3) is 0 Å². The molecule has 3 nitrogen and oxygen atoms in total. The van der Waals surface area contributed by atoms with Crippen LogP contribution in [0.1, 0.15) is 0 Å². The van der Waals surface area contributed by atoms with Gasteiger partial charge in [-0.1, -0.05) is 50.7 Å². The van der Waals surface area contributed by atoms with Crippen molar-refractivity contribution >= 4 is 62.1 Å². The van der Waals surface area contributed by atoms with E-state index in [0.717, 1.165) is 4.47 Å². The van der Waals surface area contributed by atoms with Crippen LogP contribution in [-0.4, -0.2) is 10.2 Å². The predicted octanol–water partition coefficient (Wildman–Crippen LogP) is 4.94. The lowest BCUT2D eigenvalue weighted by molar-refractivity contribution is 1.03. The predicted molar refractivity (Wildman–Crippen MR) is 74.5 cm³/mol. The maximum Gasteiger partial charge on any atom is 0.175 e. The molecule has 0 atom stereocenters. The molecule has 7 heteroatoms. The van der Waals surface area contributed by atoms with Gasteiger partial charge in [0.15, 0.2) is 10.3 Å². The van der Waals surface area contributed by atoms with Gasteiger partial charge in [-0.05, 0) is 18.2 Å². The lowest BCUT2D eigenvalue weighted by atomic mass is 10.3. The van der Waals surface area contributed by atoms with Crippen molar-refractivity contribution < 1.29 is 0 Å². The van der Waals surface area contributed by atoms with E-state index >= 15 is 0 Å². The summed E-state index contributed by atoms with van der Waals surface area (Å²) in [4.78, 5) is 0. The molecule has 1 N–H and O–H groups in total. The highest BCUT2D eigenvalue weighted by Gasteiger charge is 2.07. The SMILES string of the molecule is Clc1cc(Nc2ccc(Br)cc2Cl)c(Cl)nn1. The van der Waals surface area contributed by atoms with E-state index in [4.69, 9.17) is 34.8 Å². The Hall–Kier alpha value is -0.550. The number of hydrogen-bond acceptors (Lipinski definition) is 3. The lowest BCUT2D eigenvalue weighted by Gasteiger charge is -2.09. The highest BCUT2D eigenvalue weighted by molar-refractivity contribution is 9.10. The summed E-state index contributed by atoms with van der Waals surface area (Å²) in [5.41, 5.74) is 1.26. The summed E-state index contributed by atoms with van der Waals surface area (Å²) in [5.74, 6) is 0. The maximum absolute atomic E-state index is 6.07. The van der Waals surface area contributed by atoms with Crippen LogP contribution in [0.25, 0.3) is 0 Å². The average molecular weight is 353 g/mol. The minimum atomic E-state index is 0.230. The van der Waals surface area contributed by atoms with E-state index in [2.05, 4.69) is 31.4 Å². The van der Waals surface area contributed by atoms with Crippen LogP contribution in [0.2, 0.25) is 15.3 Å².